The number of anilines is 2. The number of methoxy groups -OCH3 is 1. The monoisotopic (exact) mass is 694 g/mol. The Balaban J connectivity index is 1.08. The molecular weight excluding hydrogens is 658 g/mol. The fourth-order valence-electron chi connectivity index (χ4n) is 8.34. The number of rotatable bonds is 5. The highest BCUT2D eigenvalue weighted by Gasteiger charge is 2.41. The number of likely N-dealkylation sites (N-methyl/N-ethyl adjacent to an activating group) is 1. The maximum Gasteiger partial charge on any atom is 0.340 e. The Kier molecular flexibility index (Phi) is 8.18. The number of morpholine rings is 1. The SMILES string of the molecule is COC(=O)c1cc(F)c(-c2cccc3c2OCN(C(=O)c2c(Cl)cc(N4CC5CCC4CN5C)cc2Cl)C3)cc1N1C2CCC1COC2. The van der Waals surface area contributed by atoms with Crippen LogP contribution in [-0.4, -0.2) is 93.0 Å². The molecule has 12 heteroatoms. The van der Waals surface area contributed by atoms with Crippen LogP contribution in [0.25, 0.3) is 11.1 Å². The lowest BCUT2D eigenvalue weighted by atomic mass is 9.90. The number of piperazine rings is 1. The van der Waals surface area contributed by atoms with Gasteiger partial charge in [0.05, 0.1) is 65.8 Å². The Hall–Kier alpha value is -3.57. The van der Waals surface area contributed by atoms with Gasteiger partial charge in [-0.25, -0.2) is 9.18 Å². The number of hydrogen-bond donors (Lipinski definition) is 0. The quantitative estimate of drug-likeness (QED) is 0.291. The molecule has 0 spiro atoms. The summed E-state index contributed by atoms with van der Waals surface area (Å²) in [5.41, 5.74) is 3.53. The van der Waals surface area contributed by atoms with Gasteiger partial charge in [-0.1, -0.05) is 41.4 Å². The minimum atomic E-state index is -0.594. The summed E-state index contributed by atoms with van der Waals surface area (Å²) >= 11 is 13.5. The molecule has 9 nitrogen and oxygen atoms in total. The summed E-state index contributed by atoms with van der Waals surface area (Å²) in [5, 5.41) is 0.600. The number of para-hydroxylation sites is 1. The van der Waals surface area contributed by atoms with E-state index in [4.69, 9.17) is 37.4 Å². The summed E-state index contributed by atoms with van der Waals surface area (Å²) < 4.78 is 32.9. The fourth-order valence-corrected chi connectivity index (χ4v) is 8.97. The van der Waals surface area contributed by atoms with E-state index in [1.807, 2.05) is 24.3 Å². The summed E-state index contributed by atoms with van der Waals surface area (Å²) in [5.74, 6) is -1.02. The highest BCUT2D eigenvalue weighted by Crippen LogP contribution is 2.44. The second-order valence-corrected chi connectivity index (χ2v) is 14.3. The molecule has 5 saturated heterocycles. The lowest BCUT2D eigenvalue weighted by Crippen LogP contribution is -2.61. The molecule has 4 atom stereocenters. The topological polar surface area (TPSA) is 74.8 Å². The number of carbonyl (C=O) groups is 2. The summed E-state index contributed by atoms with van der Waals surface area (Å²) in [6, 6.07) is 13.2. The van der Waals surface area contributed by atoms with Gasteiger partial charge >= 0.3 is 5.97 Å². The van der Waals surface area contributed by atoms with Crippen LogP contribution >= 0.6 is 23.2 Å². The van der Waals surface area contributed by atoms with Gasteiger partial charge in [0.15, 0.2) is 6.73 Å². The molecule has 4 bridgehead atoms. The van der Waals surface area contributed by atoms with Crippen LogP contribution in [0.1, 0.15) is 52.0 Å². The van der Waals surface area contributed by atoms with E-state index in [0.717, 1.165) is 38.0 Å². The van der Waals surface area contributed by atoms with Crippen molar-refractivity contribution in [3.8, 4) is 16.9 Å². The molecule has 3 aromatic carbocycles. The maximum atomic E-state index is 15.9. The second-order valence-electron chi connectivity index (χ2n) is 13.5. The zero-order valence-corrected chi connectivity index (χ0v) is 28.4. The molecule has 0 saturated carbocycles. The van der Waals surface area contributed by atoms with Crippen LogP contribution < -0.4 is 14.5 Å². The summed E-state index contributed by atoms with van der Waals surface area (Å²) in [4.78, 5) is 35.2. The third-order valence-corrected chi connectivity index (χ3v) is 11.4. The lowest BCUT2D eigenvalue weighted by Gasteiger charge is -2.51. The van der Waals surface area contributed by atoms with E-state index in [1.54, 1.807) is 17.0 Å². The van der Waals surface area contributed by atoms with E-state index in [0.29, 0.717) is 63.5 Å². The first-order chi connectivity index (χ1) is 23.2. The molecule has 6 aliphatic heterocycles. The number of nitrogens with zero attached hydrogens (tertiary/aromatic N) is 4. The van der Waals surface area contributed by atoms with Crippen molar-refractivity contribution in [1.29, 1.82) is 0 Å². The van der Waals surface area contributed by atoms with Crippen molar-refractivity contribution in [1.82, 2.24) is 9.80 Å². The largest absolute Gasteiger partial charge is 0.472 e. The lowest BCUT2D eigenvalue weighted by molar-refractivity contribution is 0.0515. The smallest absolute Gasteiger partial charge is 0.340 e. The Morgan fingerprint density at radius 1 is 0.917 bits per heavy atom. The van der Waals surface area contributed by atoms with Gasteiger partial charge in [0.25, 0.3) is 5.91 Å². The van der Waals surface area contributed by atoms with Crippen molar-refractivity contribution in [2.45, 2.75) is 56.4 Å². The van der Waals surface area contributed by atoms with E-state index >= 15 is 4.39 Å². The van der Waals surface area contributed by atoms with Crippen LogP contribution in [0, 0.1) is 5.82 Å². The van der Waals surface area contributed by atoms with Crippen LogP contribution in [0.4, 0.5) is 15.8 Å². The molecule has 252 valence electrons. The minimum absolute atomic E-state index is 0.0677. The van der Waals surface area contributed by atoms with Gasteiger partial charge in [0, 0.05) is 47.6 Å². The number of fused-ring (bicyclic) bond motifs is 6. The van der Waals surface area contributed by atoms with E-state index in [2.05, 4.69) is 21.7 Å². The summed E-state index contributed by atoms with van der Waals surface area (Å²) in [7, 11) is 3.46. The Morgan fingerprint density at radius 2 is 1.62 bits per heavy atom. The van der Waals surface area contributed by atoms with Crippen molar-refractivity contribution in [2.24, 2.45) is 0 Å². The molecule has 3 aromatic rings. The molecule has 5 fully saturated rings. The van der Waals surface area contributed by atoms with Gasteiger partial charge in [-0.15, -0.1) is 0 Å². The van der Waals surface area contributed by atoms with Crippen molar-refractivity contribution in [2.75, 3.05) is 57.0 Å². The standard InChI is InChI=1S/C36H37Cl2FN4O5/c1-40-15-22-7-6-21(40)16-42(22)25-10-29(37)33(30(38)11-25)35(44)41-14-20-4-3-5-26(34(20)48-19-41)27-13-32(28(12-31(27)39)36(45)46-2)43-23-8-9-24(43)18-47-17-23/h3-5,10-13,21-24H,6-9,14-19H2,1-2H3. The number of benzene rings is 3. The van der Waals surface area contributed by atoms with Crippen LogP contribution in [0.5, 0.6) is 5.75 Å². The number of ether oxygens (including phenoxy) is 3. The minimum Gasteiger partial charge on any atom is -0.472 e. The van der Waals surface area contributed by atoms with Gasteiger partial charge in [-0.05, 0) is 57.0 Å². The Morgan fingerprint density at radius 3 is 2.29 bits per heavy atom. The van der Waals surface area contributed by atoms with Gasteiger partial charge in [-0.2, -0.15) is 0 Å². The molecule has 0 radical (unpaired) electrons. The van der Waals surface area contributed by atoms with Crippen molar-refractivity contribution in [3.63, 3.8) is 0 Å². The third-order valence-electron chi connectivity index (χ3n) is 10.8. The normalized spacial score (nSPS) is 24.8. The molecule has 9 rings (SSSR count). The van der Waals surface area contributed by atoms with Crippen LogP contribution in [0.2, 0.25) is 10.0 Å². The van der Waals surface area contributed by atoms with Crippen molar-refractivity contribution < 1.29 is 28.2 Å². The molecular formula is C36H37Cl2FN4O5. The van der Waals surface area contributed by atoms with Crippen molar-refractivity contribution >= 4 is 46.5 Å². The van der Waals surface area contributed by atoms with Crippen LogP contribution in [-0.2, 0) is 16.0 Å². The number of halogens is 3. The average Bonchev–Trinajstić information content (AvgIpc) is 3.33. The average molecular weight is 696 g/mol. The van der Waals surface area contributed by atoms with E-state index in [1.165, 1.54) is 19.6 Å². The highest BCUT2D eigenvalue weighted by atomic mass is 35.5. The van der Waals surface area contributed by atoms with Gasteiger partial charge in [-0.3, -0.25) is 9.69 Å². The third kappa shape index (κ3) is 5.28. The number of carbonyl (C=O) groups excluding carboxylic acids is 2. The molecule has 0 aromatic heterocycles. The fraction of sp³-hybridized carbons (Fsp3) is 0.444. The molecule has 1 amide bonds. The van der Waals surface area contributed by atoms with Crippen LogP contribution in [0.3, 0.4) is 0 Å². The number of piperidine rings is 2. The van der Waals surface area contributed by atoms with Crippen molar-refractivity contribution in [3.05, 3.63) is 75.0 Å². The predicted molar refractivity (Wildman–Crippen MR) is 182 cm³/mol. The summed E-state index contributed by atoms with van der Waals surface area (Å²) in [6.07, 6.45) is 4.15. The Bertz CT molecular complexity index is 1770. The van der Waals surface area contributed by atoms with Crippen LogP contribution in [0.15, 0.2) is 42.5 Å². The molecule has 6 heterocycles. The molecule has 48 heavy (non-hydrogen) atoms. The van der Waals surface area contributed by atoms with E-state index in [-0.39, 0.29) is 42.4 Å². The van der Waals surface area contributed by atoms with Gasteiger partial charge < -0.3 is 28.9 Å². The molecule has 4 unspecified atom stereocenters. The number of esters is 1. The number of amides is 1. The molecule has 0 N–H and O–H groups in total. The first kappa shape index (κ1) is 31.7. The Labute approximate surface area is 289 Å². The number of hydrogen-bond acceptors (Lipinski definition) is 8. The van der Waals surface area contributed by atoms with Gasteiger partial charge in [0.2, 0.25) is 0 Å². The second kappa shape index (κ2) is 12.4. The zero-order chi connectivity index (χ0) is 33.3. The zero-order valence-electron chi connectivity index (χ0n) is 26.9. The maximum absolute atomic E-state index is 15.9. The summed E-state index contributed by atoms with van der Waals surface area (Å²) in [6.45, 7) is 3.14. The first-order valence-corrected chi connectivity index (χ1v) is 17.3. The predicted octanol–water partition coefficient (Wildman–Crippen LogP) is 6.23. The van der Waals surface area contributed by atoms with E-state index in [9.17, 15) is 9.59 Å². The first-order valence-electron chi connectivity index (χ1n) is 16.5. The van der Waals surface area contributed by atoms with Gasteiger partial charge in [0.1, 0.15) is 11.6 Å². The molecule has 0 aliphatic carbocycles. The highest BCUT2D eigenvalue weighted by molar-refractivity contribution is 6.40. The van der Waals surface area contributed by atoms with E-state index < -0.39 is 11.8 Å². The molecule has 6 aliphatic rings.